The number of anilines is 1. The number of alkyl halides is 3. The number of halogens is 3. The Morgan fingerprint density at radius 1 is 1.40 bits per heavy atom. The molecule has 1 aromatic rings. The van der Waals surface area contributed by atoms with E-state index in [1.54, 1.807) is 0 Å². The molecule has 20 heavy (non-hydrogen) atoms. The third kappa shape index (κ3) is 5.05. The summed E-state index contributed by atoms with van der Waals surface area (Å²) in [6, 6.07) is 3.58. The fraction of sp³-hybridized carbons (Fsp3) is 0.300. The van der Waals surface area contributed by atoms with Gasteiger partial charge < -0.3 is 4.74 Å². The van der Waals surface area contributed by atoms with Crippen molar-refractivity contribution in [2.24, 2.45) is 5.14 Å². The summed E-state index contributed by atoms with van der Waals surface area (Å²) in [5.74, 6) is 0. The van der Waals surface area contributed by atoms with E-state index in [0.717, 1.165) is 6.07 Å². The van der Waals surface area contributed by atoms with Crippen LogP contribution in [0, 0.1) is 6.92 Å². The van der Waals surface area contributed by atoms with Gasteiger partial charge in [0.25, 0.3) is 0 Å². The van der Waals surface area contributed by atoms with Crippen molar-refractivity contribution in [3.63, 3.8) is 0 Å². The molecular formula is C10H11F3N2O4S. The molecule has 0 bridgehead atoms. The van der Waals surface area contributed by atoms with E-state index >= 15 is 0 Å². The van der Waals surface area contributed by atoms with Crippen molar-refractivity contribution in [2.45, 2.75) is 18.0 Å². The molecule has 3 N–H and O–H groups in total. The van der Waals surface area contributed by atoms with E-state index in [4.69, 9.17) is 5.14 Å². The first-order valence-corrected chi connectivity index (χ1v) is 6.67. The summed E-state index contributed by atoms with van der Waals surface area (Å²) in [4.78, 5) is 10.9. The van der Waals surface area contributed by atoms with Crippen LogP contribution in [-0.2, 0) is 14.8 Å². The first-order valence-electron chi connectivity index (χ1n) is 5.13. The van der Waals surface area contributed by atoms with Gasteiger partial charge in [-0.3, -0.25) is 5.32 Å². The van der Waals surface area contributed by atoms with E-state index in [1.165, 1.54) is 19.1 Å². The quantitative estimate of drug-likeness (QED) is 0.888. The van der Waals surface area contributed by atoms with Crippen molar-refractivity contribution in [3.8, 4) is 0 Å². The summed E-state index contributed by atoms with van der Waals surface area (Å²) in [5.41, 5.74) is 0.421. The number of aryl methyl sites for hydroxylation is 1. The summed E-state index contributed by atoms with van der Waals surface area (Å²) in [7, 11) is -3.99. The first kappa shape index (κ1) is 16.2. The fourth-order valence-corrected chi connectivity index (χ4v) is 1.75. The molecule has 0 aromatic heterocycles. The molecule has 0 saturated heterocycles. The smallest absolute Gasteiger partial charge is 0.422 e. The van der Waals surface area contributed by atoms with Gasteiger partial charge in [-0.05, 0) is 24.6 Å². The summed E-state index contributed by atoms with van der Waals surface area (Å²) in [5, 5.41) is 6.92. The summed E-state index contributed by atoms with van der Waals surface area (Å²) in [6.45, 7) is -0.223. The molecule has 6 nitrogen and oxygen atoms in total. The molecule has 1 amide bonds. The zero-order chi connectivity index (χ0) is 15.6. The van der Waals surface area contributed by atoms with E-state index < -0.39 is 28.9 Å². The minimum atomic E-state index is -4.64. The van der Waals surface area contributed by atoms with Gasteiger partial charge in [0.15, 0.2) is 6.61 Å². The van der Waals surface area contributed by atoms with Crippen molar-refractivity contribution in [3.05, 3.63) is 23.8 Å². The average Bonchev–Trinajstić information content (AvgIpc) is 2.27. The molecule has 112 valence electrons. The number of carbonyl (C=O) groups is 1. The highest BCUT2D eigenvalue weighted by atomic mass is 32.2. The Bertz CT molecular complexity index is 613. The maximum Gasteiger partial charge on any atom is 0.422 e. The number of rotatable bonds is 3. The predicted octanol–water partition coefficient (Wildman–Crippen LogP) is 1.75. The van der Waals surface area contributed by atoms with Crippen LogP contribution in [-0.4, -0.2) is 27.3 Å². The molecule has 0 atom stereocenters. The predicted molar refractivity (Wildman–Crippen MR) is 63.6 cm³/mol. The normalized spacial score (nSPS) is 12.1. The van der Waals surface area contributed by atoms with Gasteiger partial charge in [0.05, 0.1) is 4.90 Å². The van der Waals surface area contributed by atoms with Crippen molar-refractivity contribution in [2.75, 3.05) is 11.9 Å². The Labute approximate surface area is 112 Å². The SMILES string of the molecule is Cc1ccc(S(N)(=O)=O)cc1NC(=O)OCC(F)(F)F. The molecular weight excluding hydrogens is 301 g/mol. The molecule has 1 rings (SSSR count). The number of ether oxygens (including phenoxy) is 1. The lowest BCUT2D eigenvalue weighted by Crippen LogP contribution is -2.23. The minimum Gasteiger partial charge on any atom is -0.440 e. The lowest BCUT2D eigenvalue weighted by molar-refractivity contribution is -0.159. The number of sulfonamides is 1. The molecule has 0 spiro atoms. The second-order valence-corrected chi connectivity index (χ2v) is 5.40. The van der Waals surface area contributed by atoms with Crippen LogP contribution in [0.1, 0.15) is 5.56 Å². The second kappa shape index (κ2) is 5.67. The Morgan fingerprint density at radius 3 is 2.50 bits per heavy atom. The maximum atomic E-state index is 11.9. The number of nitrogens with one attached hydrogen (secondary N) is 1. The highest BCUT2D eigenvalue weighted by molar-refractivity contribution is 7.89. The first-order chi connectivity index (χ1) is 8.99. The third-order valence-corrected chi connectivity index (χ3v) is 3.05. The highest BCUT2D eigenvalue weighted by Crippen LogP contribution is 2.20. The van der Waals surface area contributed by atoms with Crippen LogP contribution in [0.2, 0.25) is 0 Å². The topological polar surface area (TPSA) is 98.5 Å². The Kier molecular flexibility index (Phi) is 4.61. The highest BCUT2D eigenvalue weighted by Gasteiger charge is 2.29. The maximum absolute atomic E-state index is 11.9. The minimum absolute atomic E-state index is 0.0105. The molecule has 1 aromatic carbocycles. The molecule has 0 radical (unpaired) electrons. The van der Waals surface area contributed by atoms with Crippen LogP contribution in [0.25, 0.3) is 0 Å². The van der Waals surface area contributed by atoms with Gasteiger partial charge in [0.2, 0.25) is 10.0 Å². The lowest BCUT2D eigenvalue weighted by Gasteiger charge is -2.11. The zero-order valence-corrected chi connectivity index (χ0v) is 11.0. The summed E-state index contributed by atoms with van der Waals surface area (Å²) in [6.07, 6.45) is -5.99. The Morgan fingerprint density at radius 2 is 2.00 bits per heavy atom. The molecule has 0 fully saturated rings. The molecule has 0 heterocycles. The van der Waals surface area contributed by atoms with E-state index in [-0.39, 0.29) is 10.6 Å². The number of hydrogen-bond donors (Lipinski definition) is 2. The van der Waals surface area contributed by atoms with Gasteiger partial charge >= 0.3 is 12.3 Å². The Balaban J connectivity index is 2.85. The van der Waals surface area contributed by atoms with Gasteiger partial charge in [-0.1, -0.05) is 6.07 Å². The van der Waals surface area contributed by atoms with Crippen LogP contribution in [0.5, 0.6) is 0 Å². The molecule has 0 aliphatic carbocycles. The van der Waals surface area contributed by atoms with Crippen molar-refractivity contribution in [1.82, 2.24) is 0 Å². The van der Waals surface area contributed by atoms with E-state index in [1.807, 2.05) is 5.32 Å². The summed E-state index contributed by atoms with van der Waals surface area (Å²) >= 11 is 0. The van der Waals surface area contributed by atoms with E-state index in [9.17, 15) is 26.4 Å². The number of amides is 1. The summed E-state index contributed by atoms with van der Waals surface area (Å²) < 4.78 is 61.7. The molecule has 0 aliphatic rings. The molecule has 0 aliphatic heterocycles. The van der Waals surface area contributed by atoms with Gasteiger partial charge in [-0.2, -0.15) is 13.2 Å². The number of hydrogen-bond acceptors (Lipinski definition) is 4. The van der Waals surface area contributed by atoms with Crippen LogP contribution < -0.4 is 10.5 Å². The van der Waals surface area contributed by atoms with Crippen LogP contribution >= 0.6 is 0 Å². The van der Waals surface area contributed by atoms with Crippen LogP contribution in [0.3, 0.4) is 0 Å². The van der Waals surface area contributed by atoms with Crippen molar-refractivity contribution >= 4 is 21.8 Å². The fourth-order valence-electron chi connectivity index (χ4n) is 1.21. The number of primary sulfonamides is 1. The van der Waals surface area contributed by atoms with Gasteiger partial charge in [0, 0.05) is 5.69 Å². The molecule has 0 saturated carbocycles. The van der Waals surface area contributed by atoms with Gasteiger partial charge in [-0.25, -0.2) is 18.4 Å². The van der Waals surface area contributed by atoms with E-state index in [2.05, 4.69) is 4.74 Å². The van der Waals surface area contributed by atoms with Gasteiger partial charge in [0.1, 0.15) is 0 Å². The number of nitrogens with two attached hydrogens (primary N) is 1. The largest absolute Gasteiger partial charge is 0.440 e. The number of carbonyl (C=O) groups excluding carboxylic acids is 1. The van der Waals surface area contributed by atoms with Crippen molar-refractivity contribution in [1.29, 1.82) is 0 Å². The lowest BCUT2D eigenvalue weighted by atomic mass is 10.2. The monoisotopic (exact) mass is 312 g/mol. The second-order valence-electron chi connectivity index (χ2n) is 3.84. The van der Waals surface area contributed by atoms with Crippen LogP contribution in [0.15, 0.2) is 23.1 Å². The molecule has 0 unspecified atom stereocenters. The average molecular weight is 312 g/mol. The Hall–Kier alpha value is -1.81. The molecule has 10 heteroatoms. The van der Waals surface area contributed by atoms with Gasteiger partial charge in [-0.15, -0.1) is 0 Å². The number of benzene rings is 1. The van der Waals surface area contributed by atoms with E-state index in [0.29, 0.717) is 5.56 Å². The zero-order valence-electron chi connectivity index (χ0n) is 10.2. The standard InChI is InChI=1S/C10H11F3N2O4S/c1-6-2-3-7(20(14,17)18)4-8(6)15-9(16)19-5-10(11,12)13/h2-4H,5H2,1H3,(H,15,16)(H2,14,17,18). The van der Waals surface area contributed by atoms with Crippen molar-refractivity contribution < 1.29 is 31.1 Å². The third-order valence-electron chi connectivity index (χ3n) is 2.14. The van der Waals surface area contributed by atoms with Crippen LogP contribution in [0.4, 0.5) is 23.7 Å².